The molecule has 0 saturated heterocycles. The summed E-state index contributed by atoms with van der Waals surface area (Å²) in [6.45, 7) is 4.05. The summed E-state index contributed by atoms with van der Waals surface area (Å²) in [4.78, 5) is 41.6. The van der Waals surface area contributed by atoms with Crippen LogP contribution in [0.25, 0.3) is 11.4 Å². The summed E-state index contributed by atoms with van der Waals surface area (Å²) in [7, 11) is 1.71. The number of halogens is 1. The van der Waals surface area contributed by atoms with Gasteiger partial charge in [-0.05, 0) is 48.0 Å². The summed E-state index contributed by atoms with van der Waals surface area (Å²) in [6, 6.07) is 11.7. The van der Waals surface area contributed by atoms with Gasteiger partial charge < -0.3 is 19.9 Å². The van der Waals surface area contributed by atoms with E-state index in [0.717, 1.165) is 5.56 Å². The van der Waals surface area contributed by atoms with Crippen LogP contribution in [0.15, 0.2) is 42.5 Å². The molecule has 1 N–H and O–H groups in total. The summed E-state index contributed by atoms with van der Waals surface area (Å²) in [5, 5.41) is 14.3. The zero-order valence-electron chi connectivity index (χ0n) is 20.1. The van der Waals surface area contributed by atoms with E-state index in [1.807, 2.05) is 31.2 Å². The van der Waals surface area contributed by atoms with Gasteiger partial charge in [0.1, 0.15) is 6.54 Å². The third-order valence-electron chi connectivity index (χ3n) is 5.88. The Labute approximate surface area is 213 Å². The van der Waals surface area contributed by atoms with Crippen molar-refractivity contribution in [3.05, 3.63) is 58.6 Å². The maximum atomic E-state index is 13.7. The van der Waals surface area contributed by atoms with E-state index in [9.17, 15) is 14.4 Å². The van der Waals surface area contributed by atoms with Crippen molar-refractivity contribution < 1.29 is 19.1 Å². The molecule has 0 unspecified atom stereocenters. The number of benzene rings is 2. The number of carbonyl (C=O) groups is 3. The first kappa shape index (κ1) is 25.1. The number of hydrogen-bond acceptors (Lipinski definition) is 7. The van der Waals surface area contributed by atoms with Gasteiger partial charge in [0.15, 0.2) is 5.82 Å². The number of nitrogens with one attached hydrogen (secondary N) is 1. The molecule has 0 fully saturated rings. The molecule has 2 heterocycles. The number of aryl methyl sites for hydroxylation is 1. The third kappa shape index (κ3) is 5.15. The number of ether oxygens (including phenoxy) is 1. The molecule has 1 aromatic heterocycles. The number of esters is 1. The molecule has 4 rings (SSSR count). The number of hydrogen-bond donors (Lipinski definition) is 1. The molecule has 36 heavy (non-hydrogen) atoms. The van der Waals surface area contributed by atoms with Gasteiger partial charge in [-0.2, -0.15) is 0 Å². The molecule has 12 heteroatoms. The van der Waals surface area contributed by atoms with E-state index in [0.29, 0.717) is 22.6 Å². The molecule has 1 aliphatic rings. The quantitative estimate of drug-likeness (QED) is 0.522. The van der Waals surface area contributed by atoms with Crippen molar-refractivity contribution >= 4 is 35.2 Å². The number of amides is 3. The molecule has 0 radical (unpaired) electrons. The molecule has 0 spiro atoms. The predicted octanol–water partition coefficient (Wildman–Crippen LogP) is 2.65. The van der Waals surface area contributed by atoms with Crippen LogP contribution in [0.5, 0.6) is 0 Å². The highest BCUT2D eigenvalue weighted by atomic mass is 35.5. The van der Waals surface area contributed by atoms with Crippen molar-refractivity contribution in [1.82, 2.24) is 30.4 Å². The van der Waals surface area contributed by atoms with Crippen LogP contribution in [0.4, 0.5) is 10.5 Å². The van der Waals surface area contributed by atoms with Gasteiger partial charge in [0, 0.05) is 37.4 Å². The van der Waals surface area contributed by atoms with Crippen LogP contribution in [-0.4, -0.2) is 68.8 Å². The van der Waals surface area contributed by atoms with Crippen LogP contribution in [0, 0.1) is 0 Å². The maximum Gasteiger partial charge on any atom is 0.325 e. The summed E-state index contributed by atoms with van der Waals surface area (Å²) in [5.74, 6) is -0.287. The van der Waals surface area contributed by atoms with Crippen LogP contribution < -0.4 is 10.2 Å². The van der Waals surface area contributed by atoms with Crippen molar-refractivity contribution in [3.8, 4) is 11.4 Å². The second-order valence-corrected chi connectivity index (χ2v) is 8.71. The minimum Gasteiger partial charge on any atom is -0.465 e. The summed E-state index contributed by atoms with van der Waals surface area (Å²) in [5.41, 5.74) is 2.47. The van der Waals surface area contributed by atoms with Crippen molar-refractivity contribution in [2.45, 2.75) is 26.4 Å². The Morgan fingerprint density at radius 2 is 1.97 bits per heavy atom. The minimum atomic E-state index is -0.513. The summed E-state index contributed by atoms with van der Waals surface area (Å²) < 4.78 is 6.40. The predicted molar refractivity (Wildman–Crippen MR) is 132 cm³/mol. The van der Waals surface area contributed by atoms with Gasteiger partial charge in [0.25, 0.3) is 5.91 Å². The molecule has 188 valence electrons. The largest absolute Gasteiger partial charge is 0.465 e. The number of aromatic nitrogens is 4. The molecule has 2 aromatic carbocycles. The molecule has 3 aromatic rings. The molecule has 11 nitrogen and oxygen atoms in total. The number of nitrogens with zero attached hydrogens (tertiary/aromatic N) is 6. The minimum absolute atomic E-state index is 0.230. The zero-order valence-corrected chi connectivity index (χ0v) is 20.9. The van der Waals surface area contributed by atoms with E-state index in [2.05, 4.69) is 20.8 Å². The van der Waals surface area contributed by atoms with E-state index < -0.39 is 12.0 Å². The Bertz CT molecular complexity index is 1290. The lowest BCUT2D eigenvalue weighted by atomic mass is 10.1. The molecule has 0 bridgehead atoms. The summed E-state index contributed by atoms with van der Waals surface area (Å²) >= 11 is 6.55. The van der Waals surface area contributed by atoms with E-state index in [4.69, 9.17) is 16.3 Å². The van der Waals surface area contributed by atoms with Crippen molar-refractivity contribution in [3.63, 3.8) is 0 Å². The lowest BCUT2D eigenvalue weighted by Gasteiger charge is -2.29. The normalized spacial score (nSPS) is 15.2. The Balaban J connectivity index is 1.60. The molecular formula is C24H26ClN7O4. The maximum absolute atomic E-state index is 13.7. The van der Waals surface area contributed by atoms with E-state index >= 15 is 0 Å². The van der Waals surface area contributed by atoms with Crippen molar-refractivity contribution in [1.29, 1.82) is 0 Å². The standard InChI is InChI=1S/C24H26ClN7O4/c1-4-36-21(33)12-26-24(35)31-14-17-7-5-6-8-20(17)32(13-15(31)2)23(34)18-10-9-16(11-19(18)25)22-27-28-29-30(22)3/h5-11,15H,4,12-14H2,1-3H3,(H,26,35)/t15-/m1/s1. The molecule has 1 atom stereocenters. The first-order valence-corrected chi connectivity index (χ1v) is 11.8. The Morgan fingerprint density at radius 1 is 1.19 bits per heavy atom. The lowest BCUT2D eigenvalue weighted by Crippen LogP contribution is -2.49. The van der Waals surface area contributed by atoms with Crippen LogP contribution in [-0.2, 0) is 23.1 Å². The number of tetrazole rings is 1. The van der Waals surface area contributed by atoms with Gasteiger partial charge in [-0.3, -0.25) is 9.59 Å². The highest BCUT2D eigenvalue weighted by Crippen LogP contribution is 2.31. The van der Waals surface area contributed by atoms with Crippen LogP contribution >= 0.6 is 11.6 Å². The fraction of sp³-hybridized carbons (Fsp3) is 0.333. The Kier molecular flexibility index (Phi) is 7.49. The Hall–Kier alpha value is -3.99. The SMILES string of the molecule is CCOC(=O)CNC(=O)N1Cc2ccccc2N(C(=O)c2ccc(-c3nnnn3C)cc2Cl)C[C@H]1C. The highest BCUT2D eigenvalue weighted by Gasteiger charge is 2.32. The fourth-order valence-electron chi connectivity index (χ4n) is 4.08. The van der Waals surface area contributed by atoms with Crippen LogP contribution in [0.3, 0.4) is 0 Å². The second kappa shape index (κ2) is 10.7. The van der Waals surface area contributed by atoms with Gasteiger partial charge in [0.2, 0.25) is 0 Å². The molecular weight excluding hydrogens is 486 g/mol. The van der Waals surface area contributed by atoms with Crippen molar-refractivity contribution in [2.24, 2.45) is 7.05 Å². The molecule has 3 amide bonds. The first-order valence-electron chi connectivity index (χ1n) is 11.4. The Morgan fingerprint density at radius 3 is 2.67 bits per heavy atom. The van der Waals surface area contributed by atoms with Gasteiger partial charge in [0.05, 0.1) is 17.2 Å². The van der Waals surface area contributed by atoms with Gasteiger partial charge in [-0.1, -0.05) is 35.9 Å². The van der Waals surface area contributed by atoms with Gasteiger partial charge in [-0.25, -0.2) is 9.48 Å². The lowest BCUT2D eigenvalue weighted by molar-refractivity contribution is -0.141. The van der Waals surface area contributed by atoms with E-state index in [-0.39, 0.29) is 43.2 Å². The fourth-order valence-corrected chi connectivity index (χ4v) is 4.34. The summed E-state index contributed by atoms with van der Waals surface area (Å²) in [6.07, 6.45) is 0. The number of para-hydroxylation sites is 1. The molecule has 1 aliphatic heterocycles. The molecule has 0 saturated carbocycles. The number of rotatable bonds is 5. The van der Waals surface area contributed by atoms with E-state index in [1.54, 1.807) is 42.0 Å². The second-order valence-electron chi connectivity index (χ2n) is 8.31. The van der Waals surface area contributed by atoms with Crippen molar-refractivity contribution in [2.75, 3.05) is 24.6 Å². The first-order chi connectivity index (χ1) is 17.3. The number of urea groups is 1. The number of anilines is 1. The van der Waals surface area contributed by atoms with Crippen LogP contribution in [0.1, 0.15) is 29.8 Å². The van der Waals surface area contributed by atoms with E-state index in [1.165, 1.54) is 4.68 Å². The highest BCUT2D eigenvalue weighted by molar-refractivity contribution is 6.34. The zero-order chi connectivity index (χ0) is 25.8. The van der Waals surface area contributed by atoms with Gasteiger partial charge in [-0.15, -0.1) is 5.10 Å². The molecule has 0 aliphatic carbocycles. The number of carbonyl (C=O) groups excluding carboxylic acids is 3. The number of fused-ring (bicyclic) bond motifs is 1. The topological polar surface area (TPSA) is 123 Å². The van der Waals surface area contributed by atoms with Crippen LogP contribution in [0.2, 0.25) is 5.02 Å². The smallest absolute Gasteiger partial charge is 0.325 e. The average molecular weight is 512 g/mol. The third-order valence-corrected chi connectivity index (χ3v) is 6.19. The monoisotopic (exact) mass is 511 g/mol. The van der Waals surface area contributed by atoms with Gasteiger partial charge >= 0.3 is 12.0 Å². The average Bonchev–Trinajstić information content (AvgIpc) is 3.23.